The lowest BCUT2D eigenvalue weighted by Gasteiger charge is -2.05. The Labute approximate surface area is 108 Å². The van der Waals surface area contributed by atoms with E-state index >= 15 is 0 Å². The normalized spacial score (nSPS) is 11.4. The molecule has 0 unspecified atom stereocenters. The van der Waals surface area contributed by atoms with E-state index in [1.807, 2.05) is 0 Å². The number of hydrogen-bond donors (Lipinski definition) is 3. The average Bonchev–Trinajstić information content (AvgIpc) is 2.62. The van der Waals surface area contributed by atoms with E-state index in [9.17, 15) is 8.42 Å². The van der Waals surface area contributed by atoms with Crippen molar-refractivity contribution in [2.75, 3.05) is 17.3 Å². The van der Waals surface area contributed by atoms with Crippen LogP contribution >= 0.6 is 11.6 Å². The summed E-state index contributed by atoms with van der Waals surface area (Å²) in [5.74, 6) is 0.451. The van der Waals surface area contributed by atoms with Crippen molar-refractivity contribution in [1.82, 2.24) is 15.2 Å². The van der Waals surface area contributed by atoms with Crippen molar-refractivity contribution >= 4 is 39.0 Å². The number of sulfone groups is 1. The Bertz CT molecular complexity index is 682. The van der Waals surface area contributed by atoms with Crippen LogP contribution in [-0.4, -0.2) is 29.9 Å². The molecule has 0 bridgehead atoms. The second kappa shape index (κ2) is 4.46. The molecule has 0 amide bonds. The molecule has 18 heavy (non-hydrogen) atoms. The molecule has 2 aromatic rings. The third-order valence-corrected chi connectivity index (χ3v) is 3.67. The molecule has 0 spiro atoms. The zero-order valence-corrected chi connectivity index (χ0v) is 10.9. The number of benzene rings is 1. The van der Waals surface area contributed by atoms with Gasteiger partial charge in [-0.1, -0.05) is 11.6 Å². The highest BCUT2D eigenvalue weighted by atomic mass is 35.5. The lowest BCUT2D eigenvalue weighted by atomic mass is 10.3. The van der Waals surface area contributed by atoms with Crippen LogP contribution in [0.25, 0.3) is 0 Å². The van der Waals surface area contributed by atoms with E-state index in [2.05, 4.69) is 20.5 Å². The molecule has 1 aromatic heterocycles. The van der Waals surface area contributed by atoms with Gasteiger partial charge < -0.3 is 11.1 Å². The van der Waals surface area contributed by atoms with Gasteiger partial charge in [0.05, 0.1) is 9.92 Å². The number of nitrogens with zero attached hydrogens (tertiary/aromatic N) is 2. The van der Waals surface area contributed by atoms with Crippen molar-refractivity contribution in [2.45, 2.75) is 4.90 Å². The Morgan fingerprint density at radius 2 is 2.17 bits per heavy atom. The van der Waals surface area contributed by atoms with Gasteiger partial charge in [-0.25, -0.2) is 13.5 Å². The quantitative estimate of drug-likeness (QED) is 0.781. The molecule has 0 radical (unpaired) electrons. The zero-order chi connectivity index (χ0) is 13.3. The lowest BCUT2D eigenvalue weighted by Crippen LogP contribution is -1.99. The number of hydrogen-bond acceptors (Lipinski definition) is 6. The predicted octanol–water partition coefficient (Wildman–Crippen LogP) is 1.19. The molecule has 0 atom stereocenters. The number of nitrogen functional groups attached to an aromatic ring is 1. The Kier molecular flexibility index (Phi) is 3.14. The van der Waals surface area contributed by atoms with Crippen molar-refractivity contribution in [2.24, 2.45) is 0 Å². The summed E-state index contributed by atoms with van der Waals surface area (Å²) in [4.78, 5) is 3.92. The van der Waals surface area contributed by atoms with Gasteiger partial charge in [0, 0.05) is 11.9 Å². The predicted molar refractivity (Wildman–Crippen MR) is 68.6 cm³/mol. The van der Waals surface area contributed by atoms with Gasteiger partial charge in [-0.3, -0.25) is 0 Å². The van der Waals surface area contributed by atoms with Crippen LogP contribution < -0.4 is 11.1 Å². The smallest absolute Gasteiger partial charge is 0.248 e. The van der Waals surface area contributed by atoms with Gasteiger partial charge >= 0.3 is 0 Å². The van der Waals surface area contributed by atoms with Crippen LogP contribution in [0.4, 0.5) is 17.6 Å². The number of aromatic nitrogens is 3. The monoisotopic (exact) mass is 287 g/mol. The van der Waals surface area contributed by atoms with Gasteiger partial charge in [0.2, 0.25) is 11.9 Å². The number of H-pyrrole nitrogens is 1. The van der Waals surface area contributed by atoms with E-state index in [4.69, 9.17) is 17.3 Å². The molecule has 9 heteroatoms. The summed E-state index contributed by atoms with van der Waals surface area (Å²) in [6.45, 7) is 0. The number of nitrogens with two attached hydrogens (primary N) is 1. The summed E-state index contributed by atoms with van der Waals surface area (Å²) in [7, 11) is -3.34. The third kappa shape index (κ3) is 2.71. The summed E-state index contributed by atoms with van der Waals surface area (Å²) >= 11 is 5.89. The SMILES string of the molecule is CS(=O)(=O)c1ccc(Nc2n[nH]c(N)n2)cc1Cl. The van der Waals surface area contributed by atoms with Crippen LogP contribution in [0.15, 0.2) is 23.1 Å². The maximum Gasteiger partial charge on any atom is 0.248 e. The van der Waals surface area contributed by atoms with E-state index < -0.39 is 9.84 Å². The standard InChI is InChI=1S/C9H10ClN5O2S/c1-18(16,17)7-3-2-5(4-6(7)10)12-9-13-8(11)14-15-9/h2-4H,1H3,(H4,11,12,13,14,15). The third-order valence-electron chi connectivity index (χ3n) is 2.09. The van der Waals surface area contributed by atoms with Crippen molar-refractivity contribution in [3.8, 4) is 0 Å². The van der Waals surface area contributed by atoms with E-state index in [-0.39, 0.29) is 21.8 Å². The Morgan fingerprint density at radius 1 is 1.44 bits per heavy atom. The molecule has 0 fully saturated rings. The summed E-state index contributed by atoms with van der Waals surface area (Å²) in [5, 5.41) is 9.20. The van der Waals surface area contributed by atoms with Crippen molar-refractivity contribution < 1.29 is 8.42 Å². The average molecular weight is 288 g/mol. The molecule has 0 saturated heterocycles. The number of anilines is 3. The second-order valence-corrected chi connectivity index (χ2v) is 5.98. The molecule has 4 N–H and O–H groups in total. The van der Waals surface area contributed by atoms with Crippen LogP contribution in [0.2, 0.25) is 5.02 Å². The molecule has 0 aliphatic carbocycles. The summed E-state index contributed by atoms with van der Waals surface area (Å²) in [6.07, 6.45) is 1.09. The lowest BCUT2D eigenvalue weighted by molar-refractivity contribution is 0.602. The zero-order valence-electron chi connectivity index (χ0n) is 9.31. The van der Waals surface area contributed by atoms with Crippen LogP contribution in [0.5, 0.6) is 0 Å². The molecular weight excluding hydrogens is 278 g/mol. The van der Waals surface area contributed by atoms with Crippen LogP contribution in [0, 0.1) is 0 Å². The van der Waals surface area contributed by atoms with Gasteiger partial charge in [-0.15, -0.1) is 5.10 Å². The van der Waals surface area contributed by atoms with Crippen molar-refractivity contribution in [3.63, 3.8) is 0 Å². The van der Waals surface area contributed by atoms with Gasteiger partial charge in [-0.05, 0) is 18.2 Å². The maximum absolute atomic E-state index is 11.4. The number of nitrogens with one attached hydrogen (secondary N) is 2. The van der Waals surface area contributed by atoms with E-state index in [1.54, 1.807) is 6.07 Å². The first-order valence-corrected chi connectivity index (χ1v) is 7.08. The van der Waals surface area contributed by atoms with Crippen molar-refractivity contribution in [3.05, 3.63) is 23.2 Å². The summed E-state index contributed by atoms with van der Waals surface area (Å²) in [5.41, 5.74) is 5.93. The maximum atomic E-state index is 11.4. The fourth-order valence-corrected chi connectivity index (χ4v) is 2.67. The minimum atomic E-state index is -3.34. The van der Waals surface area contributed by atoms with Gasteiger partial charge in [0.1, 0.15) is 0 Å². The first-order chi connectivity index (χ1) is 8.36. The number of halogens is 1. The number of rotatable bonds is 3. The largest absolute Gasteiger partial charge is 0.368 e. The minimum absolute atomic E-state index is 0.0733. The molecule has 1 aromatic carbocycles. The fraction of sp³-hybridized carbons (Fsp3) is 0.111. The van der Waals surface area contributed by atoms with Gasteiger partial charge in [0.15, 0.2) is 9.84 Å². The van der Waals surface area contributed by atoms with Crippen LogP contribution in [0.3, 0.4) is 0 Å². The fourth-order valence-electron chi connectivity index (χ4n) is 1.34. The molecule has 7 nitrogen and oxygen atoms in total. The Hall–Kier alpha value is -1.80. The van der Waals surface area contributed by atoms with Crippen LogP contribution in [-0.2, 0) is 9.84 Å². The molecule has 0 aliphatic heterocycles. The minimum Gasteiger partial charge on any atom is -0.368 e. The highest BCUT2D eigenvalue weighted by Crippen LogP contribution is 2.26. The van der Waals surface area contributed by atoms with Crippen LogP contribution in [0.1, 0.15) is 0 Å². The topological polar surface area (TPSA) is 114 Å². The van der Waals surface area contributed by atoms with E-state index in [1.165, 1.54) is 12.1 Å². The van der Waals surface area contributed by atoms with E-state index in [0.29, 0.717) is 5.69 Å². The molecule has 0 saturated carbocycles. The first kappa shape index (κ1) is 12.7. The summed E-state index contributed by atoms with van der Waals surface area (Å²) < 4.78 is 22.8. The second-order valence-electron chi connectivity index (χ2n) is 3.59. The molecular formula is C9H10ClN5O2S. The highest BCUT2D eigenvalue weighted by molar-refractivity contribution is 7.90. The van der Waals surface area contributed by atoms with Gasteiger partial charge in [-0.2, -0.15) is 4.98 Å². The molecule has 2 rings (SSSR count). The Morgan fingerprint density at radius 3 is 2.67 bits per heavy atom. The molecule has 0 aliphatic rings. The number of aromatic amines is 1. The first-order valence-electron chi connectivity index (χ1n) is 4.81. The van der Waals surface area contributed by atoms with Crippen molar-refractivity contribution in [1.29, 1.82) is 0 Å². The molecule has 96 valence electrons. The van der Waals surface area contributed by atoms with Gasteiger partial charge in [0.25, 0.3) is 0 Å². The molecule has 1 heterocycles. The Balaban J connectivity index is 2.30. The highest BCUT2D eigenvalue weighted by Gasteiger charge is 2.12. The van der Waals surface area contributed by atoms with E-state index in [0.717, 1.165) is 6.26 Å². The summed E-state index contributed by atoms with van der Waals surface area (Å²) in [6, 6.07) is 4.45.